The second-order valence-electron chi connectivity index (χ2n) is 8.83. The van der Waals surface area contributed by atoms with Gasteiger partial charge in [-0.2, -0.15) is 0 Å². The zero-order valence-electron chi connectivity index (χ0n) is 18.9. The molecular weight excluding hydrogens is 404 g/mol. The zero-order chi connectivity index (χ0) is 22.5. The van der Waals surface area contributed by atoms with E-state index in [1.807, 2.05) is 0 Å². The van der Waals surface area contributed by atoms with Gasteiger partial charge in [-0.15, -0.1) is 0 Å². The molecule has 160 valence electrons. The fourth-order valence-electron chi connectivity index (χ4n) is 4.84. The Balaban J connectivity index is 1.74. The van der Waals surface area contributed by atoms with Crippen molar-refractivity contribution in [3.05, 3.63) is 94.1 Å². The molecule has 0 unspecified atom stereocenters. The van der Waals surface area contributed by atoms with Crippen LogP contribution in [0.2, 0.25) is 0 Å². The number of fused-ring (bicyclic) bond motifs is 8. The number of aromatic nitrogens is 4. The van der Waals surface area contributed by atoms with Gasteiger partial charge in [-0.3, -0.25) is 0 Å². The number of nitrogens with one attached hydrogen (secondary N) is 2. The molecule has 4 nitrogen and oxygen atoms in total. The third-order valence-electron chi connectivity index (χ3n) is 6.14. The summed E-state index contributed by atoms with van der Waals surface area (Å²) in [5, 5.41) is 0. The quantitative estimate of drug-likeness (QED) is 0.290. The molecule has 0 spiro atoms. The molecule has 1 aromatic carbocycles. The number of H-pyrrole nitrogens is 2. The lowest BCUT2D eigenvalue weighted by atomic mass is 9.92. The number of benzene rings is 1. The van der Waals surface area contributed by atoms with Crippen LogP contribution in [0.15, 0.2) is 54.6 Å². The van der Waals surface area contributed by atoms with E-state index in [-0.39, 0.29) is 0 Å². The molecule has 0 fully saturated rings. The highest BCUT2D eigenvalue weighted by molar-refractivity contribution is 5.91. The van der Waals surface area contributed by atoms with Crippen molar-refractivity contribution in [3.8, 4) is 11.1 Å². The molecule has 33 heavy (non-hydrogen) atoms. The Labute approximate surface area is 192 Å². The van der Waals surface area contributed by atoms with Gasteiger partial charge < -0.3 is 9.97 Å². The van der Waals surface area contributed by atoms with Crippen molar-refractivity contribution in [2.24, 2.45) is 0 Å². The van der Waals surface area contributed by atoms with E-state index >= 15 is 0 Å². The Hall–Kier alpha value is -4.18. The highest BCUT2D eigenvalue weighted by Gasteiger charge is 2.17. The van der Waals surface area contributed by atoms with E-state index in [1.165, 1.54) is 22.3 Å². The van der Waals surface area contributed by atoms with Gasteiger partial charge in [0.1, 0.15) is 0 Å². The van der Waals surface area contributed by atoms with E-state index in [0.717, 1.165) is 50.4 Å². The van der Waals surface area contributed by atoms with E-state index in [2.05, 4.69) is 110 Å². The van der Waals surface area contributed by atoms with Gasteiger partial charge in [0.2, 0.25) is 0 Å². The third kappa shape index (κ3) is 3.60. The summed E-state index contributed by atoms with van der Waals surface area (Å²) in [5.74, 6) is 0. The van der Waals surface area contributed by atoms with Crippen LogP contribution in [0.25, 0.3) is 57.5 Å². The molecule has 8 bridgehead atoms. The predicted molar refractivity (Wildman–Crippen MR) is 139 cm³/mol. The van der Waals surface area contributed by atoms with Gasteiger partial charge in [0, 0.05) is 27.6 Å². The minimum atomic E-state index is 0.922. The van der Waals surface area contributed by atoms with E-state index in [0.29, 0.717) is 0 Å². The monoisotopic (exact) mass is 428 g/mol. The topological polar surface area (TPSA) is 57.4 Å². The molecule has 5 heterocycles. The van der Waals surface area contributed by atoms with E-state index in [4.69, 9.17) is 9.97 Å². The van der Waals surface area contributed by atoms with Gasteiger partial charge >= 0.3 is 0 Å². The largest absolute Gasteiger partial charge is 0.355 e. The first-order chi connectivity index (χ1) is 16.0. The fourth-order valence-corrected chi connectivity index (χ4v) is 4.84. The van der Waals surface area contributed by atoms with Crippen LogP contribution in [0.5, 0.6) is 0 Å². The van der Waals surface area contributed by atoms with Gasteiger partial charge in [0.15, 0.2) is 0 Å². The maximum atomic E-state index is 5.00. The summed E-state index contributed by atoms with van der Waals surface area (Å²) in [5.41, 5.74) is 13.9. The summed E-state index contributed by atoms with van der Waals surface area (Å²) < 4.78 is 0. The molecule has 2 aliphatic rings. The summed E-state index contributed by atoms with van der Waals surface area (Å²) in [6, 6.07) is 19.1. The molecule has 4 aromatic rings. The molecule has 0 amide bonds. The van der Waals surface area contributed by atoms with Crippen LogP contribution in [-0.2, 0) is 0 Å². The van der Waals surface area contributed by atoms with Crippen LogP contribution in [0.3, 0.4) is 0 Å². The molecule has 0 atom stereocenters. The second-order valence-corrected chi connectivity index (χ2v) is 8.83. The number of rotatable bonds is 1. The molecule has 2 aliphatic heterocycles. The first-order valence-corrected chi connectivity index (χ1v) is 11.2. The Kier molecular flexibility index (Phi) is 4.40. The van der Waals surface area contributed by atoms with Gasteiger partial charge in [-0.05, 0) is 104 Å². The minimum Gasteiger partial charge on any atom is -0.355 e. The molecule has 0 saturated heterocycles. The Morgan fingerprint density at radius 3 is 1.45 bits per heavy atom. The molecule has 2 N–H and O–H groups in total. The summed E-state index contributed by atoms with van der Waals surface area (Å²) in [6.45, 7) is 6.48. The first kappa shape index (κ1) is 19.5. The molecular formula is C29H24N4. The number of nitrogens with zero attached hydrogens (tertiary/aromatic N) is 2. The van der Waals surface area contributed by atoms with Crippen molar-refractivity contribution >= 4 is 46.4 Å². The van der Waals surface area contributed by atoms with Crippen LogP contribution in [0.1, 0.15) is 39.5 Å². The third-order valence-corrected chi connectivity index (χ3v) is 6.14. The number of hydrogen-bond acceptors (Lipinski definition) is 2. The average Bonchev–Trinajstić information content (AvgIpc) is 3.55. The lowest BCUT2D eigenvalue weighted by Gasteiger charge is -2.13. The van der Waals surface area contributed by atoms with Gasteiger partial charge in [-0.1, -0.05) is 17.7 Å². The van der Waals surface area contributed by atoms with E-state index < -0.39 is 0 Å². The lowest BCUT2D eigenvalue weighted by molar-refractivity contribution is 1.25. The Morgan fingerprint density at radius 1 is 0.515 bits per heavy atom. The molecule has 6 rings (SSSR count). The fraction of sp³-hybridized carbons (Fsp3) is 0.103. The van der Waals surface area contributed by atoms with Crippen molar-refractivity contribution in [1.82, 2.24) is 19.9 Å². The normalized spacial score (nSPS) is 12.5. The molecule has 0 saturated carbocycles. The van der Waals surface area contributed by atoms with Crippen LogP contribution in [0, 0.1) is 20.8 Å². The predicted octanol–water partition coefficient (Wildman–Crippen LogP) is 7.25. The highest BCUT2D eigenvalue weighted by Crippen LogP contribution is 2.35. The first-order valence-electron chi connectivity index (χ1n) is 11.2. The summed E-state index contributed by atoms with van der Waals surface area (Å²) in [4.78, 5) is 16.9. The van der Waals surface area contributed by atoms with E-state index in [1.54, 1.807) is 0 Å². The number of aromatic amines is 2. The molecule has 3 aromatic heterocycles. The average molecular weight is 429 g/mol. The van der Waals surface area contributed by atoms with Crippen molar-refractivity contribution in [1.29, 1.82) is 0 Å². The van der Waals surface area contributed by atoms with Crippen molar-refractivity contribution in [2.75, 3.05) is 0 Å². The number of hydrogen-bond donors (Lipinski definition) is 2. The summed E-state index contributed by atoms with van der Waals surface area (Å²) >= 11 is 0. The van der Waals surface area contributed by atoms with Crippen LogP contribution < -0.4 is 0 Å². The van der Waals surface area contributed by atoms with Crippen molar-refractivity contribution < 1.29 is 0 Å². The summed E-state index contributed by atoms with van der Waals surface area (Å²) in [7, 11) is 0. The molecule has 4 heteroatoms. The smallest absolute Gasteiger partial charge is 0.0738 e. The van der Waals surface area contributed by atoms with Crippen molar-refractivity contribution in [2.45, 2.75) is 20.8 Å². The maximum absolute atomic E-state index is 5.00. The minimum absolute atomic E-state index is 0.922. The molecule has 0 aliphatic carbocycles. The van der Waals surface area contributed by atoms with Crippen molar-refractivity contribution in [3.63, 3.8) is 0 Å². The highest BCUT2D eigenvalue weighted by atomic mass is 14.8. The van der Waals surface area contributed by atoms with Gasteiger partial charge in [0.25, 0.3) is 0 Å². The van der Waals surface area contributed by atoms with Crippen LogP contribution >= 0.6 is 0 Å². The van der Waals surface area contributed by atoms with Crippen LogP contribution in [-0.4, -0.2) is 19.9 Å². The van der Waals surface area contributed by atoms with E-state index in [9.17, 15) is 0 Å². The Morgan fingerprint density at radius 2 is 0.970 bits per heavy atom. The lowest BCUT2D eigenvalue weighted by Crippen LogP contribution is -1.95. The number of aryl methyl sites for hydroxylation is 3. The van der Waals surface area contributed by atoms with Crippen LogP contribution in [0.4, 0.5) is 0 Å². The Bertz CT molecular complexity index is 1530. The summed E-state index contributed by atoms with van der Waals surface area (Å²) in [6.07, 6.45) is 8.35. The maximum Gasteiger partial charge on any atom is 0.0738 e. The molecule has 0 radical (unpaired) electrons. The second kappa shape index (κ2) is 7.45. The zero-order valence-corrected chi connectivity index (χ0v) is 18.9. The SMILES string of the molecule is Cc1cc(C)c(-c2c3nc(cc4ccc(cc5ccc(cc6nc2C=C6)[nH]5)[nH]4)C=C3)c(C)c1. The van der Waals surface area contributed by atoms with Gasteiger partial charge in [-0.25, -0.2) is 9.97 Å². The van der Waals surface area contributed by atoms with Gasteiger partial charge in [0.05, 0.1) is 22.8 Å². The standard InChI is InChI=1S/C29H24N4/c1-17-12-18(2)28(19(3)13-17)29-26-10-8-24(32-26)15-22-6-4-20(30-22)14-21-5-7-23(31-21)16-25-9-11-27(29)33-25/h4-16,30-31H,1-3H3.